The Morgan fingerprint density at radius 1 is 1.35 bits per heavy atom. The van der Waals surface area contributed by atoms with Crippen molar-refractivity contribution >= 4 is 5.91 Å². The maximum absolute atomic E-state index is 11.7. The van der Waals surface area contributed by atoms with E-state index in [9.17, 15) is 4.79 Å². The van der Waals surface area contributed by atoms with Crippen molar-refractivity contribution in [2.45, 2.75) is 12.5 Å². The summed E-state index contributed by atoms with van der Waals surface area (Å²) in [5.74, 6) is 0.0345. The van der Waals surface area contributed by atoms with E-state index in [4.69, 9.17) is 5.26 Å². The van der Waals surface area contributed by atoms with Gasteiger partial charge in [-0.25, -0.2) is 0 Å². The molecule has 0 saturated carbocycles. The molecule has 2 aliphatic rings. The van der Waals surface area contributed by atoms with Crippen molar-refractivity contribution < 1.29 is 4.79 Å². The lowest BCUT2D eigenvalue weighted by Gasteiger charge is -2.39. The molecule has 5 nitrogen and oxygen atoms in total. The number of piperazine rings is 1. The molecule has 0 bridgehead atoms. The van der Waals surface area contributed by atoms with Crippen molar-refractivity contribution in [2.75, 3.05) is 46.8 Å². The van der Waals surface area contributed by atoms with Crippen LogP contribution in [-0.2, 0) is 4.79 Å². The van der Waals surface area contributed by atoms with Crippen molar-refractivity contribution in [1.29, 1.82) is 5.26 Å². The van der Waals surface area contributed by atoms with E-state index in [-0.39, 0.29) is 11.8 Å². The Morgan fingerprint density at radius 2 is 2.12 bits per heavy atom. The Hall–Kier alpha value is -1.12. The van der Waals surface area contributed by atoms with Gasteiger partial charge in [0.05, 0.1) is 12.0 Å². The zero-order chi connectivity index (χ0) is 12.4. The third kappa shape index (κ3) is 2.76. The van der Waals surface area contributed by atoms with Gasteiger partial charge in [-0.3, -0.25) is 9.69 Å². The van der Waals surface area contributed by atoms with E-state index in [2.05, 4.69) is 30.0 Å². The van der Waals surface area contributed by atoms with E-state index in [0.717, 1.165) is 26.2 Å². The van der Waals surface area contributed by atoms with E-state index >= 15 is 0 Å². The van der Waals surface area contributed by atoms with Crippen molar-refractivity contribution in [3.05, 3.63) is 0 Å². The average molecular weight is 236 g/mol. The van der Waals surface area contributed by atoms with Crippen LogP contribution < -0.4 is 0 Å². The number of carbonyl (C=O) groups is 1. The molecule has 2 rings (SSSR count). The molecule has 17 heavy (non-hydrogen) atoms. The molecule has 0 radical (unpaired) electrons. The van der Waals surface area contributed by atoms with Gasteiger partial charge in [-0.1, -0.05) is 0 Å². The van der Waals surface area contributed by atoms with Gasteiger partial charge in [-0.05, 0) is 14.1 Å². The third-order valence-corrected chi connectivity index (χ3v) is 3.81. The second kappa shape index (κ2) is 5.03. The molecule has 1 amide bonds. The number of rotatable bonds is 2. The summed E-state index contributed by atoms with van der Waals surface area (Å²) in [6, 6.07) is 2.59. The van der Waals surface area contributed by atoms with E-state index in [0.29, 0.717) is 19.0 Å². The fourth-order valence-corrected chi connectivity index (χ4v) is 2.59. The number of carbonyl (C=O) groups excluding carboxylic acids is 1. The zero-order valence-electron chi connectivity index (χ0n) is 10.6. The Kier molecular flexibility index (Phi) is 3.65. The van der Waals surface area contributed by atoms with E-state index < -0.39 is 0 Å². The summed E-state index contributed by atoms with van der Waals surface area (Å²) in [6.07, 6.45) is 0.406. The first-order valence-electron chi connectivity index (χ1n) is 6.16. The molecule has 2 fully saturated rings. The smallest absolute Gasteiger partial charge is 0.224 e. The predicted octanol–water partition coefficient (Wildman–Crippen LogP) is -0.396. The van der Waals surface area contributed by atoms with E-state index in [1.165, 1.54) is 0 Å². The fraction of sp³-hybridized carbons (Fsp3) is 0.833. The van der Waals surface area contributed by atoms with Crippen LogP contribution in [0.2, 0.25) is 0 Å². The van der Waals surface area contributed by atoms with Gasteiger partial charge in [-0.15, -0.1) is 0 Å². The topological polar surface area (TPSA) is 50.6 Å². The molecule has 0 aromatic rings. The maximum Gasteiger partial charge on any atom is 0.224 e. The molecule has 94 valence electrons. The summed E-state index contributed by atoms with van der Waals surface area (Å²) in [7, 11) is 4.23. The van der Waals surface area contributed by atoms with Gasteiger partial charge < -0.3 is 9.80 Å². The molecular weight excluding hydrogens is 216 g/mol. The first-order chi connectivity index (χ1) is 8.10. The standard InChI is InChI=1S/C12H20N4O/c1-14-3-4-15(2)11(8-14)9-16-7-10(6-13)5-12(16)17/h10-11H,3-5,7-9H2,1-2H3. The molecule has 0 N–H and O–H groups in total. The normalized spacial score (nSPS) is 31.8. The molecule has 0 aromatic carbocycles. The summed E-state index contributed by atoms with van der Waals surface area (Å²) in [5, 5.41) is 8.85. The minimum absolute atomic E-state index is 0.103. The predicted molar refractivity (Wildman–Crippen MR) is 64.2 cm³/mol. The first kappa shape index (κ1) is 12.3. The van der Waals surface area contributed by atoms with Crippen LogP contribution in [0.4, 0.5) is 0 Å². The van der Waals surface area contributed by atoms with E-state index in [1.807, 2.05) is 4.90 Å². The van der Waals surface area contributed by atoms with Crippen molar-refractivity contribution in [3.63, 3.8) is 0 Å². The molecule has 5 heteroatoms. The van der Waals surface area contributed by atoms with Gasteiger partial charge in [-0.2, -0.15) is 5.26 Å². The highest BCUT2D eigenvalue weighted by molar-refractivity contribution is 5.79. The monoisotopic (exact) mass is 236 g/mol. The lowest BCUT2D eigenvalue weighted by Crippen LogP contribution is -2.54. The van der Waals surface area contributed by atoms with Gasteiger partial charge >= 0.3 is 0 Å². The second-order valence-corrected chi connectivity index (χ2v) is 5.23. The van der Waals surface area contributed by atoms with Gasteiger partial charge in [0.25, 0.3) is 0 Å². The van der Waals surface area contributed by atoms with Crippen molar-refractivity contribution in [3.8, 4) is 6.07 Å². The van der Waals surface area contributed by atoms with Gasteiger partial charge in [0.1, 0.15) is 0 Å². The lowest BCUT2D eigenvalue weighted by molar-refractivity contribution is -0.128. The molecule has 2 saturated heterocycles. The quantitative estimate of drug-likeness (QED) is 0.655. The van der Waals surface area contributed by atoms with Crippen LogP contribution in [0.15, 0.2) is 0 Å². The molecule has 0 aromatic heterocycles. The average Bonchev–Trinajstić information content (AvgIpc) is 2.65. The molecule has 2 aliphatic heterocycles. The van der Waals surface area contributed by atoms with Crippen LogP contribution >= 0.6 is 0 Å². The summed E-state index contributed by atoms with van der Waals surface area (Å²) < 4.78 is 0. The Balaban J connectivity index is 1.92. The lowest BCUT2D eigenvalue weighted by atomic mass is 10.1. The highest BCUT2D eigenvalue weighted by atomic mass is 16.2. The molecule has 0 spiro atoms. The molecular formula is C12H20N4O. The maximum atomic E-state index is 11.7. The third-order valence-electron chi connectivity index (χ3n) is 3.81. The number of nitrogens with zero attached hydrogens (tertiary/aromatic N) is 4. The number of hydrogen-bond donors (Lipinski definition) is 0. The van der Waals surface area contributed by atoms with Crippen LogP contribution in [-0.4, -0.2) is 73.5 Å². The Labute approximate surface area is 103 Å². The number of likely N-dealkylation sites (tertiary alicyclic amines) is 1. The Bertz CT molecular complexity index is 338. The SMILES string of the molecule is CN1CCN(C)C(CN2CC(C#N)CC2=O)C1. The number of amides is 1. The molecule has 0 aliphatic carbocycles. The van der Waals surface area contributed by atoms with Crippen LogP contribution in [0.25, 0.3) is 0 Å². The second-order valence-electron chi connectivity index (χ2n) is 5.23. The minimum Gasteiger partial charge on any atom is -0.340 e. The van der Waals surface area contributed by atoms with Crippen molar-refractivity contribution in [1.82, 2.24) is 14.7 Å². The fourth-order valence-electron chi connectivity index (χ4n) is 2.59. The zero-order valence-corrected chi connectivity index (χ0v) is 10.6. The van der Waals surface area contributed by atoms with Gasteiger partial charge in [0.15, 0.2) is 0 Å². The number of nitriles is 1. The van der Waals surface area contributed by atoms with Gasteiger partial charge in [0, 0.05) is 45.2 Å². The molecule has 2 heterocycles. The highest BCUT2D eigenvalue weighted by Crippen LogP contribution is 2.18. The van der Waals surface area contributed by atoms with Gasteiger partial charge in [0.2, 0.25) is 5.91 Å². The van der Waals surface area contributed by atoms with Crippen LogP contribution in [0.3, 0.4) is 0 Å². The largest absolute Gasteiger partial charge is 0.340 e. The Morgan fingerprint density at radius 3 is 2.76 bits per heavy atom. The van der Waals surface area contributed by atoms with Crippen molar-refractivity contribution in [2.24, 2.45) is 5.92 Å². The summed E-state index contributed by atoms with van der Waals surface area (Å²) >= 11 is 0. The van der Waals surface area contributed by atoms with Crippen LogP contribution in [0.1, 0.15) is 6.42 Å². The van der Waals surface area contributed by atoms with Crippen LogP contribution in [0, 0.1) is 17.2 Å². The highest BCUT2D eigenvalue weighted by Gasteiger charge is 2.33. The molecule has 2 unspecified atom stereocenters. The summed E-state index contributed by atoms with van der Waals surface area (Å²) in [4.78, 5) is 18.2. The summed E-state index contributed by atoms with van der Waals surface area (Å²) in [5.41, 5.74) is 0. The molecule has 2 atom stereocenters. The number of hydrogen-bond acceptors (Lipinski definition) is 4. The summed E-state index contributed by atoms with van der Waals surface area (Å²) in [6.45, 7) is 4.51. The van der Waals surface area contributed by atoms with E-state index in [1.54, 1.807) is 0 Å². The van der Waals surface area contributed by atoms with Crippen LogP contribution in [0.5, 0.6) is 0 Å². The minimum atomic E-state index is -0.103. The first-order valence-corrected chi connectivity index (χ1v) is 6.16. The number of likely N-dealkylation sites (N-methyl/N-ethyl adjacent to an activating group) is 2.